The smallest absolute Gasteiger partial charge is 0.119 e. The summed E-state index contributed by atoms with van der Waals surface area (Å²) in [7, 11) is 0.424. The molecule has 1 fully saturated rings. The highest BCUT2D eigenvalue weighted by Gasteiger charge is 2.43. The van der Waals surface area contributed by atoms with Gasteiger partial charge in [-0.1, -0.05) is 17.7 Å². The maximum absolute atomic E-state index is 12.6. The van der Waals surface area contributed by atoms with Crippen LogP contribution in [0.5, 0.6) is 11.5 Å². The lowest BCUT2D eigenvalue weighted by Crippen LogP contribution is -2.30. The summed E-state index contributed by atoms with van der Waals surface area (Å²) in [5, 5.41) is 10.4. The van der Waals surface area contributed by atoms with Crippen molar-refractivity contribution in [3.8, 4) is 11.5 Å². The molecule has 2 aromatic carbocycles. The van der Waals surface area contributed by atoms with E-state index in [1.165, 1.54) is 0 Å². The molecule has 6 heteroatoms. The molecular weight excluding hydrogens is 376 g/mol. The number of hydrogen-bond acceptors (Lipinski definition) is 5. The fourth-order valence-corrected chi connectivity index (χ4v) is 4.58. The van der Waals surface area contributed by atoms with Crippen LogP contribution in [0.3, 0.4) is 0 Å². The Kier molecular flexibility index (Phi) is 6.75. The van der Waals surface area contributed by atoms with Gasteiger partial charge in [0.05, 0.1) is 48.1 Å². The third kappa shape index (κ3) is 5.34. The van der Waals surface area contributed by atoms with Crippen molar-refractivity contribution in [2.75, 3.05) is 19.5 Å². The fraction of sp³-hybridized carbons (Fsp3) is 0.455. The van der Waals surface area contributed by atoms with Gasteiger partial charge >= 0.3 is 0 Å². The monoisotopic (exact) mass is 404 g/mol. The molecule has 1 N–H and O–H groups in total. The topological polar surface area (TPSA) is 65.0 Å². The van der Waals surface area contributed by atoms with Crippen molar-refractivity contribution in [1.82, 2.24) is 0 Å². The van der Waals surface area contributed by atoms with E-state index in [1.54, 1.807) is 7.11 Å². The maximum Gasteiger partial charge on any atom is 0.119 e. The van der Waals surface area contributed by atoms with Gasteiger partial charge in [-0.2, -0.15) is 0 Å². The van der Waals surface area contributed by atoms with Crippen LogP contribution >= 0.6 is 0 Å². The van der Waals surface area contributed by atoms with Crippen molar-refractivity contribution in [3.05, 3.63) is 54.1 Å². The lowest BCUT2D eigenvalue weighted by atomic mass is 9.97. The summed E-state index contributed by atoms with van der Waals surface area (Å²) in [4.78, 5) is 0.762. The van der Waals surface area contributed by atoms with Crippen LogP contribution in [0.25, 0.3) is 0 Å². The minimum atomic E-state index is -1.20. The Morgan fingerprint density at radius 1 is 1.14 bits per heavy atom. The summed E-state index contributed by atoms with van der Waals surface area (Å²) >= 11 is 0. The lowest BCUT2D eigenvalue weighted by Gasteiger charge is -2.24. The predicted octanol–water partition coefficient (Wildman–Crippen LogP) is 3.49. The molecule has 1 heterocycles. The molecule has 0 radical (unpaired) electrons. The molecule has 0 aromatic heterocycles. The third-order valence-electron chi connectivity index (χ3n) is 5.06. The van der Waals surface area contributed by atoms with Crippen LogP contribution in [0.1, 0.15) is 25.3 Å². The SMILES string of the molecule is COc1ccc(OCC[C@@]2(C)C[C@@H](O)[C@@H](CS(=O)c3ccc(C)cc3)O2)cc1. The molecule has 1 saturated heterocycles. The van der Waals surface area contributed by atoms with Gasteiger partial charge in [-0.05, 0) is 50.2 Å². The van der Waals surface area contributed by atoms with Gasteiger partial charge in [0.1, 0.15) is 11.5 Å². The summed E-state index contributed by atoms with van der Waals surface area (Å²) in [6.07, 6.45) is 0.0897. The van der Waals surface area contributed by atoms with E-state index in [0.29, 0.717) is 25.2 Å². The second-order valence-corrected chi connectivity index (χ2v) is 8.97. The number of hydrogen-bond donors (Lipinski definition) is 1. The van der Waals surface area contributed by atoms with Crippen LogP contribution in [0.15, 0.2) is 53.4 Å². The Morgan fingerprint density at radius 3 is 2.43 bits per heavy atom. The summed E-state index contributed by atoms with van der Waals surface area (Å²) in [6, 6.07) is 15.0. The average Bonchev–Trinajstić information content (AvgIpc) is 2.96. The Labute approximate surface area is 169 Å². The molecule has 2 aromatic rings. The predicted molar refractivity (Wildman–Crippen MR) is 109 cm³/mol. The summed E-state index contributed by atoms with van der Waals surface area (Å²) in [5.74, 6) is 1.84. The van der Waals surface area contributed by atoms with Gasteiger partial charge in [0.25, 0.3) is 0 Å². The number of aliphatic hydroxyl groups excluding tert-OH is 1. The van der Waals surface area contributed by atoms with Gasteiger partial charge < -0.3 is 19.3 Å². The normalized spacial score (nSPS) is 25.4. The standard InChI is InChI=1S/C22H28O5S/c1-16-4-10-19(11-5-16)28(24)15-21-20(23)14-22(2,27-21)12-13-26-18-8-6-17(25-3)7-9-18/h4-11,20-21,23H,12-15H2,1-3H3/t20-,21-,22+,28?/m1/s1. The highest BCUT2D eigenvalue weighted by atomic mass is 32.2. The quantitative estimate of drug-likeness (QED) is 0.730. The number of aryl methyl sites for hydroxylation is 1. The van der Waals surface area contributed by atoms with Crippen LogP contribution in [-0.2, 0) is 15.5 Å². The van der Waals surface area contributed by atoms with Gasteiger partial charge in [0.15, 0.2) is 0 Å². The molecule has 0 saturated carbocycles. The highest BCUT2D eigenvalue weighted by molar-refractivity contribution is 7.85. The Balaban J connectivity index is 1.51. The van der Waals surface area contributed by atoms with E-state index in [0.717, 1.165) is 22.0 Å². The zero-order valence-corrected chi connectivity index (χ0v) is 17.4. The lowest BCUT2D eigenvalue weighted by molar-refractivity contribution is -0.0409. The first-order valence-corrected chi connectivity index (χ1v) is 10.8. The largest absolute Gasteiger partial charge is 0.497 e. The van der Waals surface area contributed by atoms with Crippen molar-refractivity contribution < 1.29 is 23.5 Å². The molecule has 4 atom stereocenters. The highest BCUT2D eigenvalue weighted by Crippen LogP contribution is 2.34. The van der Waals surface area contributed by atoms with Gasteiger partial charge in [-0.3, -0.25) is 4.21 Å². The second-order valence-electron chi connectivity index (χ2n) is 7.48. The molecule has 0 amide bonds. The van der Waals surface area contributed by atoms with Gasteiger partial charge in [-0.25, -0.2) is 0 Å². The van der Waals surface area contributed by atoms with Crippen LogP contribution < -0.4 is 9.47 Å². The molecule has 0 spiro atoms. The molecule has 1 unspecified atom stereocenters. The van der Waals surface area contributed by atoms with Gasteiger partial charge in [-0.15, -0.1) is 0 Å². The maximum atomic E-state index is 12.6. The Hall–Kier alpha value is -1.89. The summed E-state index contributed by atoms with van der Waals surface area (Å²) < 4.78 is 29.6. The van der Waals surface area contributed by atoms with Crippen molar-refractivity contribution >= 4 is 10.8 Å². The second kappa shape index (κ2) is 9.07. The number of methoxy groups -OCH3 is 1. The third-order valence-corrected chi connectivity index (χ3v) is 6.49. The number of aliphatic hydroxyl groups is 1. The molecular formula is C22H28O5S. The van der Waals surface area contributed by atoms with E-state index in [-0.39, 0.29) is 0 Å². The summed E-state index contributed by atoms with van der Waals surface area (Å²) in [6.45, 7) is 4.45. The first-order valence-electron chi connectivity index (χ1n) is 9.46. The average molecular weight is 405 g/mol. The zero-order chi connectivity index (χ0) is 20.1. The number of benzene rings is 2. The molecule has 3 rings (SSSR count). The van der Waals surface area contributed by atoms with Crippen LogP contribution in [0.4, 0.5) is 0 Å². The van der Waals surface area contributed by atoms with E-state index in [1.807, 2.05) is 62.4 Å². The number of ether oxygens (including phenoxy) is 3. The van der Waals surface area contributed by atoms with Gasteiger partial charge in [0.2, 0.25) is 0 Å². The molecule has 1 aliphatic rings. The zero-order valence-electron chi connectivity index (χ0n) is 16.6. The minimum Gasteiger partial charge on any atom is -0.497 e. The van der Waals surface area contributed by atoms with Crippen molar-refractivity contribution in [2.45, 2.75) is 49.4 Å². The van der Waals surface area contributed by atoms with Crippen LogP contribution in [0, 0.1) is 6.92 Å². The minimum absolute atomic E-state index is 0.291. The van der Waals surface area contributed by atoms with Gasteiger partial charge in [0, 0.05) is 17.7 Å². The molecule has 1 aliphatic heterocycles. The van der Waals surface area contributed by atoms with Crippen LogP contribution in [-0.4, -0.2) is 46.6 Å². The number of rotatable bonds is 8. The van der Waals surface area contributed by atoms with E-state index >= 15 is 0 Å². The molecule has 152 valence electrons. The molecule has 0 bridgehead atoms. The molecule has 0 aliphatic carbocycles. The van der Waals surface area contributed by atoms with Crippen molar-refractivity contribution in [2.24, 2.45) is 0 Å². The first kappa shape index (κ1) is 20.8. The Morgan fingerprint density at radius 2 is 1.79 bits per heavy atom. The first-order chi connectivity index (χ1) is 13.4. The van der Waals surface area contributed by atoms with Crippen LogP contribution in [0.2, 0.25) is 0 Å². The summed E-state index contributed by atoms with van der Waals surface area (Å²) in [5.41, 5.74) is 0.635. The fourth-order valence-electron chi connectivity index (χ4n) is 3.36. The van der Waals surface area contributed by atoms with E-state index in [2.05, 4.69) is 0 Å². The Bertz CT molecular complexity index is 790. The molecule has 28 heavy (non-hydrogen) atoms. The van der Waals surface area contributed by atoms with E-state index < -0.39 is 28.6 Å². The van der Waals surface area contributed by atoms with Crippen molar-refractivity contribution in [3.63, 3.8) is 0 Å². The van der Waals surface area contributed by atoms with E-state index in [4.69, 9.17) is 14.2 Å². The molecule has 5 nitrogen and oxygen atoms in total. The van der Waals surface area contributed by atoms with E-state index in [9.17, 15) is 9.32 Å². The van der Waals surface area contributed by atoms with Crippen molar-refractivity contribution in [1.29, 1.82) is 0 Å².